The van der Waals surface area contributed by atoms with Gasteiger partial charge in [-0.15, -0.1) is 0 Å². The van der Waals surface area contributed by atoms with Crippen LogP contribution in [0.5, 0.6) is 0 Å². The van der Waals surface area contributed by atoms with Crippen LogP contribution in [0.2, 0.25) is 0 Å². The molecule has 90 valence electrons. The molecule has 4 N–H and O–H groups in total. The minimum absolute atomic E-state index is 0.116. The standard InChI is InChI=1S/C11H9FN6/c12-6-2-1-3-7(4-6)15-9-8-5-14-18-10(8)17-11(13)16-9/h1-5H,(H4,13,14,15,16,17,18). The minimum Gasteiger partial charge on any atom is -0.368 e. The van der Waals surface area contributed by atoms with Crippen LogP contribution >= 0.6 is 0 Å². The zero-order valence-electron chi connectivity index (χ0n) is 9.18. The number of aromatic amines is 1. The smallest absolute Gasteiger partial charge is 0.224 e. The quantitative estimate of drug-likeness (QED) is 0.639. The number of halogens is 1. The highest BCUT2D eigenvalue weighted by molar-refractivity contribution is 5.88. The molecule has 7 heteroatoms. The van der Waals surface area contributed by atoms with Crippen molar-refractivity contribution in [1.82, 2.24) is 20.2 Å². The van der Waals surface area contributed by atoms with Gasteiger partial charge in [-0.3, -0.25) is 5.10 Å². The highest BCUT2D eigenvalue weighted by Crippen LogP contribution is 2.23. The fourth-order valence-corrected chi connectivity index (χ4v) is 1.65. The summed E-state index contributed by atoms with van der Waals surface area (Å²) >= 11 is 0. The molecule has 0 unspecified atom stereocenters. The van der Waals surface area contributed by atoms with Gasteiger partial charge in [-0.2, -0.15) is 15.1 Å². The topological polar surface area (TPSA) is 92.5 Å². The molecule has 0 spiro atoms. The van der Waals surface area contributed by atoms with Crippen LogP contribution in [-0.4, -0.2) is 20.2 Å². The van der Waals surface area contributed by atoms with Crippen molar-refractivity contribution in [3.63, 3.8) is 0 Å². The van der Waals surface area contributed by atoms with Gasteiger partial charge in [0, 0.05) is 5.69 Å². The second-order valence-electron chi connectivity index (χ2n) is 3.70. The fourth-order valence-electron chi connectivity index (χ4n) is 1.65. The SMILES string of the molecule is Nc1nc(Nc2cccc(F)c2)c2cn[nH]c2n1. The van der Waals surface area contributed by atoms with Gasteiger partial charge in [0.15, 0.2) is 5.65 Å². The Hall–Kier alpha value is -2.70. The average Bonchev–Trinajstić information content (AvgIpc) is 2.77. The number of H-pyrrole nitrogens is 1. The van der Waals surface area contributed by atoms with Gasteiger partial charge in [0.25, 0.3) is 0 Å². The van der Waals surface area contributed by atoms with E-state index in [0.717, 1.165) is 0 Å². The summed E-state index contributed by atoms with van der Waals surface area (Å²) in [5.74, 6) is 0.271. The lowest BCUT2D eigenvalue weighted by molar-refractivity contribution is 0.628. The van der Waals surface area contributed by atoms with E-state index in [2.05, 4.69) is 25.5 Å². The van der Waals surface area contributed by atoms with Crippen LogP contribution in [0.4, 0.5) is 21.8 Å². The maximum absolute atomic E-state index is 13.1. The van der Waals surface area contributed by atoms with E-state index in [0.29, 0.717) is 22.5 Å². The molecule has 2 heterocycles. The first-order chi connectivity index (χ1) is 8.72. The van der Waals surface area contributed by atoms with E-state index >= 15 is 0 Å². The first-order valence-electron chi connectivity index (χ1n) is 5.21. The summed E-state index contributed by atoms with van der Waals surface area (Å²) in [6.07, 6.45) is 1.58. The average molecular weight is 244 g/mol. The summed E-state index contributed by atoms with van der Waals surface area (Å²) in [7, 11) is 0. The summed E-state index contributed by atoms with van der Waals surface area (Å²) in [6.45, 7) is 0. The normalized spacial score (nSPS) is 10.7. The lowest BCUT2D eigenvalue weighted by Crippen LogP contribution is -2.00. The molecule has 0 radical (unpaired) electrons. The van der Waals surface area contributed by atoms with Crippen molar-refractivity contribution in [1.29, 1.82) is 0 Å². The van der Waals surface area contributed by atoms with E-state index in [1.54, 1.807) is 18.3 Å². The van der Waals surface area contributed by atoms with Crippen molar-refractivity contribution in [3.8, 4) is 0 Å². The number of anilines is 3. The Morgan fingerprint density at radius 2 is 2.17 bits per heavy atom. The molecule has 0 aliphatic carbocycles. The van der Waals surface area contributed by atoms with Crippen molar-refractivity contribution >= 4 is 28.5 Å². The number of aromatic nitrogens is 4. The summed E-state index contributed by atoms with van der Waals surface area (Å²) in [4.78, 5) is 8.06. The highest BCUT2D eigenvalue weighted by Gasteiger charge is 2.08. The molecule has 0 saturated heterocycles. The molecule has 0 bridgehead atoms. The number of nitrogens with one attached hydrogen (secondary N) is 2. The molecule has 3 aromatic rings. The molecule has 2 aromatic heterocycles. The summed E-state index contributed by atoms with van der Waals surface area (Å²) in [5, 5.41) is 10.2. The highest BCUT2D eigenvalue weighted by atomic mass is 19.1. The van der Waals surface area contributed by atoms with Gasteiger partial charge in [0.2, 0.25) is 5.95 Å². The second kappa shape index (κ2) is 3.95. The Labute approximate surface area is 101 Å². The number of rotatable bonds is 2. The van der Waals surface area contributed by atoms with E-state index in [-0.39, 0.29) is 11.8 Å². The van der Waals surface area contributed by atoms with E-state index in [1.165, 1.54) is 12.1 Å². The van der Waals surface area contributed by atoms with Crippen LogP contribution in [0.25, 0.3) is 11.0 Å². The van der Waals surface area contributed by atoms with Crippen LogP contribution in [0.15, 0.2) is 30.5 Å². The molecular weight excluding hydrogens is 235 g/mol. The number of hydrogen-bond acceptors (Lipinski definition) is 5. The number of nitrogen functional groups attached to an aromatic ring is 1. The maximum Gasteiger partial charge on any atom is 0.224 e. The van der Waals surface area contributed by atoms with Gasteiger partial charge in [-0.05, 0) is 18.2 Å². The summed E-state index contributed by atoms with van der Waals surface area (Å²) in [6, 6.07) is 6.07. The Morgan fingerprint density at radius 1 is 1.28 bits per heavy atom. The molecule has 0 atom stereocenters. The van der Waals surface area contributed by atoms with Crippen LogP contribution < -0.4 is 11.1 Å². The first-order valence-corrected chi connectivity index (χ1v) is 5.21. The monoisotopic (exact) mass is 244 g/mol. The molecule has 0 amide bonds. The Morgan fingerprint density at radius 3 is 3.00 bits per heavy atom. The molecule has 0 saturated carbocycles. The second-order valence-corrected chi connectivity index (χ2v) is 3.70. The van der Waals surface area contributed by atoms with Crippen molar-refractivity contribution in [3.05, 3.63) is 36.3 Å². The first kappa shape index (κ1) is 10.5. The summed E-state index contributed by atoms with van der Waals surface area (Å²) < 4.78 is 13.1. The third-order valence-electron chi connectivity index (χ3n) is 2.41. The van der Waals surface area contributed by atoms with Crippen LogP contribution in [0, 0.1) is 5.82 Å². The van der Waals surface area contributed by atoms with Gasteiger partial charge in [-0.25, -0.2) is 4.39 Å². The van der Waals surface area contributed by atoms with Gasteiger partial charge in [-0.1, -0.05) is 6.07 Å². The molecular formula is C11H9FN6. The molecule has 0 fully saturated rings. The largest absolute Gasteiger partial charge is 0.368 e. The van der Waals surface area contributed by atoms with E-state index < -0.39 is 0 Å². The number of hydrogen-bond donors (Lipinski definition) is 3. The van der Waals surface area contributed by atoms with Gasteiger partial charge in [0.05, 0.1) is 11.6 Å². The predicted molar refractivity (Wildman–Crippen MR) is 65.8 cm³/mol. The number of nitrogens with zero attached hydrogens (tertiary/aromatic N) is 3. The molecule has 3 rings (SSSR count). The predicted octanol–water partition coefficient (Wildman–Crippen LogP) is 1.82. The van der Waals surface area contributed by atoms with E-state index in [9.17, 15) is 4.39 Å². The molecule has 0 aliphatic rings. The molecule has 18 heavy (non-hydrogen) atoms. The number of nitrogens with two attached hydrogens (primary N) is 1. The molecule has 1 aromatic carbocycles. The van der Waals surface area contributed by atoms with E-state index in [4.69, 9.17) is 5.73 Å². The van der Waals surface area contributed by atoms with Crippen LogP contribution in [0.3, 0.4) is 0 Å². The Bertz CT molecular complexity index is 708. The lowest BCUT2D eigenvalue weighted by atomic mass is 10.3. The molecule has 6 nitrogen and oxygen atoms in total. The van der Waals surface area contributed by atoms with Gasteiger partial charge in [0.1, 0.15) is 11.6 Å². The van der Waals surface area contributed by atoms with Crippen molar-refractivity contribution in [2.75, 3.05) is 11.1 Å². The zero-order valence-corrected chi connectivity index (χ0v) is 9.18. The minimum atomic E-state index is -0.328. The molecule has 0 aliphatic heterocycles. The van der Waals surface area contributed by atoms with Crippen LogP contribution in [0.1, 0.15) is 0 Å². The lowest BCUT2D eigenvalue weighted by Gasteiger charge is -2.06. The third-order valence-corrected chi connectivity index (χ3v) is 2.41. The number of benzene rings is 1. The van der Waals surface area contributed by atoms with Gasteiger partial charge < -0.3 is 11.1 Å². The zero-order chi connectivity index (χ0) is 12.5. The van der Waals surface area contributed by atoms with Gasteiger partial charge >= 0.3 is 0 Å². The van der Waals surface area contributed by atoms with Crippen molar-refractivity contribution in [2.45, 2.75) is 0 Å². The Balaban J connectivity index is 2.06. The number of fused-ring (bicyclic) bond motifs is 1. The fraction of sp³-hybridized carbons (Fsp3) is 0. The van der Waals surface area contributed by atoms with Crippen molar-refractivity contribution < 1.29 is 4.39 Å². The summed E-state index contributed by atoms with van der Waals surface area (Å²) in [5.41, 5.74) is 6.69. The van der Waals surface area contributed by atoms with Crippen molar-refractivity contribution in [2.24, 2.45) is 0 Å². The Kier molecular flexibility index (Phi) is 2.30. The van der Waals surface area contributed by atoms with Crippen LogP contribution in [-0.2, 0) is 0 Å². The third kappa shape index (κ3) is 1.81. The maximum atomic E-state index is 13.1. The van der Waals surface area contributed by atoms with E-state index in [1.807, 2.05) is 0 Å².